The van der Waals surface area contributed by atoms with E-state index in [1.807, 2.05) is 9.80 Å². The summed E-state index contributed by atoms with van der Waals surface area (Å²) in [4.78, 5) is 39.4. The summed E-state index contributed by atoms with van der Waals surface area (Å²) >= 11 is 0. The maximum Gasteiger partial charge on any atom is 0.303 e. The van der Waals surface area contributed by atoms with Crippen molar-refractivity contribution < 1.29 is 19.5 Å². The van der Waals surface area contributed by atoms with Crippen molar-refractivity contribution in [2.75, 3.05) is 26.2 Å². The Balaban J connectivity index is 1.47. The summed E-state index contributed by atoms with van der Waals surface area (Å²) in [6, 6.07) is 6.84. The van der Waals surface area contributed by atoms with E-state index >= 15 is 0 Å². The van der Waals surface area contributed by atoms with Gasteiger partial charge in [0.25, 0.3) is 5.91 Å². The van der Waals surface area contributed by atoms with Crippen molar-refractivity contribution in [3.8, 4) is 0 Å². The number of benzene rings is 1. The van der Waals surface area contributed by atoms with Crippen molar-refractivity contribution in [1.82, 2.24) is 9.80 Å². The van der Waals surface area contributed by atoms with Crippen LogP contribution in [-0.2, 0) is 9.59 Å². The molecule has 0 radical (unpaired) electrons. The summed E-state index contributed by atoms with van der Waals surface area (Å²) in [5.41, 5.74) is 6.87. The van der Waals surface area contributed by atoms with Gasteiger partial charge in [0, 0.05) is 50.1 Å². The molecule has 1 aromatic rings. The Bertz CT molecular complexity index is 803. The molecule has 0 bridgehead atoms. The number of carboxylic acid groups (broad SMARTS) is 1. The quantitative estimate of drug-likeness (QED) is 0.485. The summed E-state index contributed by atoms with van der Waals surface area (Å²) < 4.78 is 0. The van der Waals surface area contributed by atoms with Gasteiger partial charge < -0.3 is 20.6 Å². The molecule has 2 aliphatic heterocycles. The molecule has 2 heterocycles. The second-order valence-electron chi connectivity index (χ2n) is 8.41. The van der Waals surface area contributed by atoms with Crippen LogP contribution >= 0.6 is 0 Å². The van der Waals surface area contributed by atoms with Gasteiger partial charge in [-0.3, -0.25) is 19.8 Å². The van der Waals surface area contributed by atoms with Crippen LogP contribution in [0.1, 0.15) is 60.9 Å². The topological polar surface area (TPSA) is 128 Å². The van der Waals surface area contributed by atoms with Crippen molar-refractivity contribution in [3.05, 3.63) is 35.4 Å². The number of aliphatic carboxylic acids is 1. The number of carbonyl (C=O) groups excluding carboxylic acids is 2. The van der Waals surface area contributed by atoms with E-state index in [1.54, 1.807) is 24.3 Å². The average molecular weight is 415 g/mol. The summed E-state index contributed by atoms with van der Waals surface area (Å²) in [6.45, 7) is 2.85. The number of nitrogens with two attached hydrogens (primary N) is 1. The van der Waals surface area contributed by atoms with Gasteiger partial charge in [0.05, 0.1) is 0 Å². The van der Waals surface area contributed by atoms with Crippen LogP contribution in [0.5, 0.6) is 0 Å². The van der Waals surface area contributed by atoms with Crippen LogP contribution in [0.15, 0.2) is 24.3 Å². The first-order chi connectivity index (χ1) is 14.3. The molecule has 1 aromatic carbocycles. The Labute approximate surface area is 176 Å². The molecule has 2 aliphatic rings. The van der Waals surface area contributed by atoms with Crippen molar-refractivity contribution >= 4 is 23.6 Å². The minimum absolute atomic E-state index is 0.00555. The lowest BCUT2D eigenvalue weighted by Crippen LogP contribution is -2.49. The molecule has 2 saturated heterocycles. The molecule has 8 heteroatoms. The number of amidine groups is 1. The third-order valence-corrected chi connectivity index (χ3v) is 6.51. The number of piperidine rings is 2. The zero-order chi connectivity index (χ0) is 21.7. The fourth-order valence-corrected chi connectivity index (χ4v) is 4.44. The molecule has 162 valence electrons. The fourth-order valence-electron chi connectivity index (χ4n) is 4.44. The van der Waals surface area contributed by atoms with Gasteiger partial charge in [-0.05, 0) is 49.7 Å². The van der Waals surface area contributed by atoms with E-state index < -0.39 is 5.97 Å². The zero-order valence-corrected chi connectivity index (χ0v) is 17.2. The number of amides is 2. The Kier molecular flexibility index (Phi) is 6.74. The van der Waals surface area contributed by atoms with Crippen molar-refractivity contribution in [2.45, 2.75) is 44.9 Å². The normalized spacial score (nSPS) is 18.3. The molecule has 0 aliphatic carbocycles. The molecule has 0 saturated carbocycles. The highest BCUT2D eigenvalue weighted by Gasteiger charge is 2.39. The van der Waals surface area contributed by atoms with Crippen molar-refractivity contribution in [1.29, 1.82) is 5.41 Å². The molecule has 3 rings (SSSR count). The minimum atomic E-state index is -0.864. The first kappa shape index (κ1) is 21.8. The summed E-state index contributed by atoms with van der Waals surface area (Å²) in [6.07, 6.45) is 4.46. The van der Waals surface area contributed by atoms with Crippen LogP contribution in [0.25, 0.3) is 0 Å². The third kappa shape index (κ3) is 5.17. The largest absolute Gasteiger partial charge is 0.481 e. The molecule has 0 aromatic heterocycles. The lowest BCUT2D eigenvalue weighted by atomic mass is 9.71. The predicted molar refractivity (Wildman–Crippen MR) is 112 cm³/mol. The molecular weight excluding hydrogens is 384 g/mol. The number of carboxylic acids is 1. The number of hydrogen-bond acceptors (Lipinski definition) is 4. The average Bonchev–Trinajstić information content (AvgIpc) is 2.74. The van der Waals surface area contributed by atoms with Gasteiger partial charge >= 0.3 is 5.97 Å². The predicted octanol–water partition coefficient (Wildman–Crippen LogP) is 2.07. The van der Waals surface area contributed by atoms with E-state index in [0.29, 0.717) is 50.1 Å². The second kappa shape index (κ2) is 9.28. The lowest BCUT2D eigenvalue weighted by Gasteiger charge is -2.47. The zero-order valence-electron chi connectivity index (χ0n) is 17.2. The number of nitrogen functional groups attached to an aromatic ring is 1. The molecule has 4 N–H and O–H groups in total. The molecule has 1 spiro atoms. The van der Waals surface area contributed by atoms with Crippen molar-refractivity contribution in [2.24, 2.45) is 11.1 Å². The highest BCUT2D eigenvalue weighted by Crippen LogP contribution is 2.41. The molecule has 0 unspecified atom stereocenters. The Morgan fingerprint density at radius 3 is 1.90 bits per heavy atom. The SMILES string of the molecule is N=C(N)c1ccc(C(=O)N2CCC3(CCN(C(=O)CCCC(=O)O)CC3)CC2)cc1. The number of hydrogen-bond donors (Lipinski definition) is 3. The summed E-state index contributed by atoms with van der Waals surface area (Å²) in [5, 5.41) is 16.1. The van der Waals surface area contributed by atoms with Gasteiger partial charge in [-0.25, -0.2) is 0 Å². The van der Waals surface area contributed by atoms with Gasteiger partial charge in [0.1, 0.15) is 5.84 Å². The molecule has 2 amide bonds. The maximum atomic E-state index is 12.8. The van der Waals surface area contributed by atoms with Gasteiger partial charge in [0.15, 0.2) is 0 Å². The standard InChI is InChI=1S/C22H30N4O4/c23-20(24)16-4-6-17(7-5-16)21(30)26-14-10-22(11-15-26)8-12-25(13-9-22)18(27)2-1-3-19(28)29/h4-7H,1-3,8-15H2,(H3,23,24)(H,28,29). The lowest BCUT2D eigenvalue weighted by molar-refractivity contribution is -0.137. The van der Waals surface area contributed by atoms with Crippen LogP contribution in [0.2, 0.25) is 0 Å². The smallest absolute Gasteiger partial charge is 0.303 e. The monoisotopic (exact) mass is 414 g/mol. The second-order valence-corrected chi connectivity index (χ2v) is 8.41. The van der Waals surface area contributed by atoms with Gasteiger partial charge in [0.2, 0.25) is 5.91 Å². The van der Waals surface area contributed by atoms with Crippen LogP contribution in [0.3, 0.4) is 0 Å². The summed E-state index contributed by atoms with van der Waals surface area (Å²) in [7, 11) is 0. The maximum absolute atomic E-state index is 12.8. The highest BCUT2D eigenvalue weighted by molar-refractivity contribution is 5.98. The molecular formula is C22H30N4O4. The molecule has 0 atom stereocenters. The highest BCUT2D eigenvalue weighted by atomic mass is 16.4. The first-order valence-electron chi connectivity index (χ1n) is 10.5. The number of likely N-dealkylation sites (tertiary alicyclic amines) is 2. The Hall–Kier alpha value is -2.90. The van der Waals surface area contributed by atoms with Gasteiger partial charge in [-0.1, -0.05) is 12.1 Å². The van der Waals surface area contributed by atoms with Gasteiger partial charge in [-0.15, -0.1) is 0 Å². The van der Waals surface area contributed by atoms with Crippen LogP contribution in [-0.4, -0.2) is 64.7 Å². The number of nitrogens with one attached hydrogen (secondary N) is 1. The number of rotatable bonds is 6. The third-order valence-electron chi connectivity index (χ3n) is 6.51. The Morgan fingerprint density at radius 1 is 0.900 bits per heavy atom. The van der Waals surface area contributed by atoms with E-state index in [2.05, 4.69) is 0 Å². The van der Waals surface area contributed by atoms with Crippen LogP contribution < -0.4 is 5.73 Å². The molecule has 8 nitrogen and oxygen atoms in total. The van der Waals surface area contributed by atoms with E-state index in [1.165, 1.54) is 0 Å². The van der Waals surface area contributed by atoms with E-state index in [-0.39, 0.29) is 29.5 Å². The minimum Gasteiger partial charge on any atom is -0.481 e. The molecule has 2 fully saturated rings. The fraction of sp³-hybridized carbons (Fsp3) is 0.545. The van der Waals surface area contributed by atoms with Gasteiger partial charge in [-0.2, -0.15) is 0 Å². The molecule has 30 heavy (non-hydrogen) atoms. The van der Waals surface area contributed by atoms with Crippen LogP contribution in [0.4, 0.5) is 0 Å². The van der Waals surface area contributed by atoms with E-state index in [9.17, 15) is 14.4 Å². The van der Waals surface area contributed by atoms with Crippen LogP contribution in [0, 0.1) is 10.8 Å². The first-order valence-corrected chi connectivity index (χ1v) is 10.5. The van der Waals surface area contributed by atoms with E-state index in [4.69, 9.17) is 16.2 Å². The van der Waals surface area contributed by atoms with Crippen molar-refractivity contribution in [3.63, 3.8) is 0 Å². The summed E-state index contributed by atoms with van der Waals surface area (Å²) in [5.74, 6) is -0.823. The number of nitrogens with zero attached hydrogens (tertiary/aromatic N) is 2. The number of carbonyl (C=O) groups is 3. The van der Waals surface area contributed by atoms with E-state index in [0.717, 1.165) is 25.7 Å². The Morgan fingerprint density at radius 2 is 1.40 bits per heavy atom.